The van der Waals surface area contributed by atoms with Crippen LogP contribution < -0.4 is 4.90 Å². The standard InChI is InChI=1S/C14H14N4/c1-11(13-7-3-4-8-16-13)18(2)14-12(10-15)6-5-9-17-14/h3-9,11H,1-2H3/t11-/m0/s1. The molecule has 0 N–H and O–H groups in total. The second-order valence-corrected chi connectivity index (χ2v) is 4.03. The van der Waals surface area contributed by atoms with E-state index in [4.69, 9.17) is 5.26 Å². The number of pyridine rings is 2. The Morgan fingerprint density at radius 2 is 1.94 bits per heavy atom. The van der Waals surface area contributed by atoms with Gasteiger partial charge in [0.25, 0.3) is 0 Å². The molecular weight excluding hydrogens is 224 g/mol. The van der Waals surface area contributed by atoms with Crippen LogP contribution in [0.5, 0.6) is 0 Å². The quantitative estimate of drug-likeness (QED) is 0.824. The summed E-state index contributed by atoms with van der Waals surface area (Å²) in [6.45, 7) is 2.04. The van der Waals surface area contributed by atoms with Gasteiger partial charge in [-0.15, -0.1) is 0 Å². The van der Waals surface area contributed by atoms with E-state index in [1.807, 2.05) is 37.1 Å². The molecule has 0 fully saturated rings. The Bertz CT molecular complexity index is 560. The minimum Gasteiger partial charge on any atom is -0.350 e. The van der Waals surface area contributed by atoms with Gasteiger partial charge in [0.1, 0.15) is 11.9 Å². The average Bonchev–Trinajstić information content (AvgIpc) is 2.46. The fourth-order valence-electron chi connectivity index (χ4n) is 1.77. The molecule has 18 heavy (non-hydrogen) atoms. The third-order valence-corrected chi connectivity index (χ3v) is 2.94. The van der Waals surface area contributed by atoms with Crippen molar-refractivity contribution in [1.82, 2.24) is 9.97 Å². The predicted octanol–water partition coefficient (Wildman–Crippen LogP) is 2.55. The van der Waals surface area contributed by atoms with Gasteiger partial charge >= 0.3 is 0 Å². The first-order chi connectivity index (χ1) is 8.74. The van der Waals surface area contributed by atoms with E-state index in [2.05, 4.69) is 16.0 Å². The molecule has 0 saturated carbocycles. The monoisotopic (exact) mass is 238 g/mol. The molecule has 4 nitrogen and oxygen atoms in total. The highest BCUT2D eigenvalue weighted by atomic mass is 15.2. The number of nitrogens with zero attached hydrogens (tertiary/aromatic N) is 4. The van der Waals surface area contributed by atoms with Gasteiger partial charge in [-0.1, -0.05) is 6.07 Å². The van der Waals surface area contributed by atoms with Crippen LogP contribution in [0.1, 0.15) is 24.2 Å². The predicted molar refractivity (Wildman–Crippen MR) is 70.0 cm³/mol. The van der Waals surface area contributed by atoms with Gasteiger partial charge in [-0.3, -0.25) is 4.98 Å². The van der Waals surface area contributed by atoms with Crippen LogP contribution in [0.3, 0.4) is 0 Å². The molecule has 2 rings (SSSR count). The van der Waals surface area contributed by atoms with E-state index in [1.165, 1.54) is 0 Å². The lowest BCUT2D eigenvalue weighted by atomic mass is 10.1. The van der Waals surface area contributed by atoms with E-state index in [1.54, 1.807) is 24.5 Å². The van der Waals surface area contributed by atoms with Gasteiger partial charge in [0.15, 0.2) is 0 Å². The molecule has 0 bridgehead atoms. The Kier molecular flexibility index (Phi) is 3.54. The Labute approximate surface area is 107 Å². The number of hydrogen-bond donors (Lipinski definition) is 0. The summed E-state index contributed by atoms with van der Waals surface area (Å²) in [5.74, 6) is 0.679. The number of aromatic nitrogens is 2. The Balaban J connectivity index is 2.32. The molecule has 90 valence electrons. The van der Waals surface area contributed by atoms with E-state index >= 15 is 0 Å². The topological polar surface area (TPSA) is 52.8 Å². The Hall–Kier alpha value is -2.41. The van der Waals surface area contributed by atoms with Gasteiger partial charge in [-0.25, -0.2) is 4.98 Å². The van der Waals surface area contributed by atoms with Crippen molar-refractivity contribution in [3.63, 3.8) is 0 Å². The second kappa shape index (κ2) is 5.28. The summed E-state index contributed by atoms with van der Waals surface area (Å²) < 4.78 is 0. The van der Waals surface area contributed by atoms with Crippen molar-refractivity contribution < 1.29 is 0 Å². The Morgan fingerprint density at radius 3 is 2.61 bits per heavy atom. The van der Waals surface area contributed by atoms with Crippen molar-refractivity contribution in [2.75, 3.05) is 11.9 Å². The molecule has 2 aromatic heterocycles. The minimum absolute atomic E-state index is 0.0631. The normalized spacial score (nSPS) is 11.6. The van der Waals surface area contributed by atoms with Gasteiger partial charge < -0.3 is 4.90 Å². The number of hydrogen-bond acceptors (Lipinski definition) is 4. The summed E-state index contributed by atoms with van der Waals surface area (Å²) >= 11 is 0. The van der Waals surface area contributed by atoms with Crippen LogP contribution in [0.2, 0.25) is 0 Å². The summed E-state index contributed by atoms with van der Waals surface area (Å²) in [6, 6.07) is 11.6. The van der Waals surface area contributed by atoms with Crippen LogP contribution >= 0.6 is 0 Å². The van der Waals surface area contributed by atoms with Crippen LogP contribution in [0.15, 0.2) is 42.7 Å². The maximum atomic E-state index is 9.09. The fourth-order valence-corrected chi connectivity index (χ4v) is 1.77. The van der Waals surface area contributed by atoms with Crippen LogP contribution in [-0.4, -0.2) is 17.0 Å². The molecule has 0 amide bonds. The van der Waals surface area contributed by atoms with Crippen molar-refractivity contribution >= 4 is 5.82 Å². The van der Waals surface area contributed by atoms with E-state index in [0.29, 0.717) is 11.4 Å². The fraction of sp³-hybridized carbons (Fsp3) is 0.214. The molecule has 0 radical (unpaired) electrons. The highest BCUT2D eigenvalue weighted by molar-refractivity contribution is 5.53. The molecule has 1 atom stereocenters. The van der Waals surface area contributed by atoms with Crippen molar-refractivity contribution in [2.24, 2.45) is 0 Å². The first-order valence-corrected chi connectivity index (χ1v) is 5.73. The highest BCUT2D eigenvalue weighted by Crippen LogP contribution is 2.24. The van der Waals surface area contributed by atoms with Crippen LogP contribution in [-0.2, 0) is 0 Å². The molecule has 4 heteroatoms. The first-order valence-electron chi connectivity index (χ1n) is 5.73. The summed E-state index contributed by atoms with van der Waals surface area (Å²) in [7, 11) is 1.92. The molecule has 0 aliphatic heterocycles. The van der Waals surface area contributed by atoms with E-state index in [-0.39, 0.29) is 6.04 Å². The zero-order chi connectivity index (χ0) is 13.0. The van der Waals surface area contributed by atoms with Crippen molar-refractivity contribution in [3.05, 3.63) is 54.0 Å². The third-order valence-electron chi connectivity index (χ3n) is 2.94. The summed E-state index contributed by atoms with van der Waals surface area (Å²) in [5, 5.41) is 9.09. The summed E-state index contributed by atoms with van der Waals surface area (Å²) in [5.41, 5.74) is 1.53. The number of rotatable bonds is 3. The largest absolute Gasteiger partial charge is 0.350 e. The number of anilines is 1. The summed E-state index contributed by atoms with van der Waals surface area (Å²) in [4.78, 5) is 10.6. The smallest absolute Gasteiger partial charge is 0.146 e. The molecule has 0 unspecified atom stereocenters. The zero-order valence-corrected chi connectivity index (χ0v) is 10.4. The van der Waals surface area contributed by atoms with Crippen LogP contribution in [0, 0.1) is 11.3 Å². The van der Waals surface area contributed by atoms with Gasteiger partial charge in [0.05, 0.1) is 17.3 Å². The van der Waals surface area contributed by atoms with Gasteiger partial charge in [0, 0.05) is 19.4 Å². The molecule has 2 heterocycles. The molecule has 2 aromatic rings. The zero-order valence-electron chi connectivity index (χ0n) is 10.4. The Morgan fingerprint density at radius 1 is 1.17 bits per heavy atom. The maximum Gasteiger partial charge on any atom is 0.146 e. The number of nitriles is 1. The second-order valence-electron chi connectivity index (χ2n) is 4.03. The SMILES string of the molecule is C[C@@H](c1ccccn1)N(C)c1ncccc1C#N. The molecule has 0 aliphatic rings. The van der Waals surface area contributed by atoms with Crippen molar-refractivity contribution in [3.8, 4) is 6.07 Å². The first kappa shape index (κ1) is 12.1. The summed E-state index contributed by atoms with van der Waals surface area (Å²) in [6.07, 6.45) is 3.46. The molecule has 0 aromatic carbocycles. The van der Waals surface area contributed by atoms with Gasteiger partial charge in [0.2, 0.25) is 0 Å². The molecule has 0 saturated heterocycles. The van der Waals surface area contributed by atoms with Crippen molar-refractivity contribution in [2.45, 2.75) is 13.0 Å². The van der Waals surface area contributed by atoms with Crippen molar-refractivity contribution in [1.29, 1.82) is 5.26 Å². The molecule has 0 aliphatic carbocycles. The third kappa shape index (κ3) is 2.30. The lowest BCUT2D eigenvalue weighted by molar-refractivity contribution is 0.704. The minimum atomic E-state index is 0.0631. The average molecular weight is 238 g/mol. The lowest BCUT2D eigenvalue weighted by Gasteiger charge is -2.26. The van der Waals surface area contributed by atoms with Gasteiger partial charge in [-0.2, -0.15) is 5.26 Å². The van der Waals surface area contributed by atoms with E-state index in [9.17, 15) is 0 Å². The molecule has 0 spiro atoms. The van der Waals surface area contributed by atoms with E-state index < -0.39 is 0 Å². The molecular formula is C14H14N4. The highest BCUT2D eigenvalue weighted by Gasteiger charge is 2.16. The van der Waals surface area contributed by atoms with Gasteiger partial charge in [-0.05, 0) is 31.2 Å². The maximum absolute atomic E-state index is 9.09. The lowest BCUT2D eigenvalue weighted by Crippen LogP contribution is -2.24. The van der Waals surface area contributed by atoms with E-state index in [0.717, 1.165) is 5.69 Å². The van der Waals surface area contributed by atoms with Crippen LogP contribution in [0.25, 0.3) is 0 Å². The van der Waals surface area contributed by atoms with Crippen LogP contribution in [0.4, 0.5) is 5.82 Å².